The molecule has 0 atom stereocenters. The number of piperidine rings is 1. The third-order valence-corrected chi connectivity index (χ3v) is 3.57. The summed E-state index contributed by atoms with van der Waals surface area (Å²) >= 11 is 0. The van der Waals surface area contributed by atoms with Crippen molar-refractivity contribution in [2.75, 3.05) is 18.0 Å². The number of nitro benzene ring substituents is 1. The molecule has 0 unspecified atom stereocenters. The number of rotatable bonds is 3. The number of carbonyl (C=O) groups is 1. The highest BCUT2D eigenvalue weighted by atomic mass is 16.6. The zero-order valence-electron chi connectivity index (χ0n) is 11.7. The largest absolute Gasteiger partial charge is 0.371 e. The SMILES string of the molecule is CC(=O)NC1CCN(c2ccc(C#N)c([N+](=O)[O-])c2)CC1. The summed E-state index contributed by atoms with van der Waals surface area (Å²) in [5, 5.41) is 22.7. The molecule has 2 rings (SSSR count). The lowest BCUT2D eigenvalue weighted by atomic mass is 10.0. The lowest BCUT2D eigenvalue weighted by molar-refractivity contribution is -0.385. The van der Waals surface area contributed by atoms with Gasteiger partial charge in [0.05, 0.1) is 4.92 Å². The number of carbonyl (C=O) groups excluding carboxylic acids is 1. The highest BCUT2D eigenvalue weighted by Crippen LogP contribution is 2.27. The van der Waals surface area contributed by atoms with Gasteiger partial charge in [-0.25, -0.2) is 0 Å². The fourth-order valence-corrected chi connectivity index (χ4v) is 2.53. The molecule has 0 bridgehead atoms. The highest BCUT2D eigenvalue weighted by Gasteiger charge is 2.22. The fraction of sp³-hybridized carbons (Fsp3) is 0.429. The third-order valence-electron chi connectivity index (χ3n) is 3.57. The second-order valence-corrected chi connectivity index (χ2v) is 5.03. The first kappa shape index (κ1) is 14.8. The third kappa shape index (κ3) is 3.48. The van der Waals surface area contributed by atoms with Crippen LogP contribution in [0.4, 0.5) is 11.4 Å². The highest BCUT2D eigenvalue weighted by molar-refractivity contribution is 5.73. The standard InChI is InChI=1S/C14H16N4O3/c1-10(19)16-12-4-6-17(7-5-12)13-3-2-11(9-15)14(8-13)18(20)21/h2-3,8,12H,4-7H2,1H3,(H,16,19). The van der Waals surface area contributed by atoms with Crippen LogP contribution in [0.15, 0.2) is 18.2 Å². The number of nitrogens with one attached hydrogen (secondary N) is 1. The van der Waals surface area contributed by atoms with Crippen LogP contribution in [-0.2, 0) is 4.79 Å². The minimum atomic E-state index is -0.536. The molecule has 0 spiro atoms. The van der Waals surface area contributed by atoms with Crippen molar-refractivity contribution in [2.24, 2.45) is 0 Å². The van der Waals surface area contributed by atoms with E-state index in [2.05, 4.69) is 5.32 Å². The number of nitrogens with zero attached hydrogens (tertiary/aromatic N) is 3. The molecule has 110 valence electrons. The molecule has 0 aromatic heterocycles. The molecule has 1 aliphatic heterocycles. The summed E-state index contributed by atoms with van der Waals surface area (Å²) < 4.78 is 0. The van der Waals surface area contributed by atoms with Crippen molar-refractivity contribution in [3.63, 3.8) is 0 Å². The van der Waals surface area contributed by atoms with Crippen LogP contribution >= 0.6 is 0 Å². The Morgan fingerprint density at radius 2 is 2.14 bits per heavy atom. The zero-order valence-corrected chi connectivity index (χ0v) is 11.7. The van der Waals surface area contributed by atoms with Gasteiger partial charge in [-0.1, -0.05) is 0 Å². The lowest BCUT2D eigenvalue weighted by Crippen LogP contribution is -2.44. The van der Waals surface area contributed by atoms with Crippen molar-refractivity contribution in [1.29, 1.82) is 5.26 Å². The van der Waals surface area contributed by atoms with Crippen molar-refractivity contribution in [3.05, 3.63) is 33.9 Å². The topological polar surface area (TPSA) is 99.3 Å². The first-order valence-corrected chi connectivity index (χ1v) is 6.72. The van der Waals surface area contributed by atoms with Gasteiger partial charge < -0.3 is 10.2 Å². The van der Waals surface area contributed by atoms with E-state index in [0.29, 0.717) is 13.1 Å². The van der Waals surface area contributed by atoms with E-state index in [1.54, 1.807) is 6.07 Å². The van der Waals surface area contributed by atoms with Crippen LogP contribution in [0, 0.1) is 21.4 Å². The fourth-order valence-electron chi connectivity index (χ4n) is 2.53. The predicted octanol–water partition coefficient (Wildman–Crippen LogP) is 1.57. The molecule has 1 aromatic rings. The average Bonchev–Trinajstić information content (AvgIpc) is 2.46. The van der Waals surface area contributed by atoms with Crippen LogP contribution in [0.5, 0.6) is 0 Å². The molecule has 0 saturated carbocycles. The quantitative estimate of drug-likeness (QED) is 0.672. The van der Waals surface area contributed by atoms with Crippen LogP contribution in [0.25, 0.3) is 0 Å². The Bertz CT molecular complexity index is 601. The first-order valence-electron chi connectivity index (χ1n) is 6.72. The van der Waals surface area contributed by atoms with Crippen molar-refractivity contribution in [1.82, 2.24) is 5.32 Å². The van der Waals surface area contributed by atoms with Crippen LogP contribution < -0.4 is 10.2 Å². The number of nitro groups is 1. The van der Waals surface area contributed by atoms with E-state index in [0.717, 1.165) is 18.5 Å². The number of nitriles is 1. The molecule has 1 aliphatic rings. The van der Waals surface area contributed by atoms with Gasteiger partial charge in [0.25, 0.3) is 5.69 Å². The summed E-state index contributed by atoms with van der Waals surface area (Å²) in [4.78, 5) is 23.5. The second kappa shape index (κ2) is 6.22. The van der Waals surface area contributed by atoms with Crippen LogP contribution in [-0.4, -0.2) is 30.0 Å². The molecule has 7 nitrogen and oxygen atoms in total. The van der Waals surface area contributed by atoms with Gasteiger partial charge >= 0.3 is 0 Å². The molecule has 1 heterocycles. The van der Waals surface area contributed by atoms with Gasteiger partial charge in [-0.3, -0.25) is 14.9 Å². The predicted molar refractivity (Wildman–Crippen MR) is 76.9 cm³/mol. The normalized spacial score (nSPS) is 15.3. The van der Waals surface area contributed by atoms with Crippen LogP contribution in [0.1, 0.15) is 25.3 Å². The average molecular weight is 288 g/mol. The first-order chi connectivity index (χ1) is 10.0. The Kier molecular flexibility index (Phi) is 4.38. The smallest absolute Gasteiger partial charge is 0.289 e. The van der Waals surface area contributed by atoms with E-state index in [4.69, 9.17) is 5.26 Å². The molecule has 1 fully saturated rings. The summed E-state index contributed by atoms with van der Waals surface area (Å²) in [7, 11) is 0. The minimum absolute atomic E-state index is 0.0394. The van der Waals surface area contributed by atoms with Gasteiger partial charge in [0, 0.05) is 37.8 Å². The number of benzene rings is 1. The zero-order chi connectivity index (χ0) is 15.4. The van der Waals surface area contributed by atoms with Crippen molar-refractivity contribution in [3.8, 4) is 6.07 Å². The summed E-state index contributed by atoms with van der Waals surface area (Å²) in [6, 6.07) is 6.64. The van der Waals surface area contributed by atoms with E-state index in [1.807, 2.05) is 11.0 Å². The lowest BCUT2D eigenvalue weighted by Gasteiger charge is -2.33. The van der Waals surface area contributed by atoms with Gasteiger partial charge in [0.1, 0.15) is 11.6 Å². The van der Waals surface area contributed by atoms with E-state index >= 15 is 0 Å². The van der Waals surface area contributed by atoms with Crippen molar-refractivity contribution in [2.45, 2.75) is 25.8 Å². The van der Waals surface area contributed by atoms with E-state index < -0.39 is 4.92 Å². The van der Waals surface area contributed by atoms with Gasteiger partial charge in [-0.2, -0.15) is 5.26 Å². The molecule has 1 amide bonds. The molecular weight excluding hydrogens is 272 g/mol. The second-order valence-electron chi connectivity index (χ2n) is 5.03. The number of hydrogen-bond acceptors (Lipinski definition) is 5. The summed E-state index contributed by atoms with van der Waals surface area (Å²) in [6.07, 6.45) is 1.60. The summed E-state index contributed by atoms with van der Waals surface area (Å²) in [5.74, 6) is -0.0394. The van der Waals surface area contributed by atoms with Crippen molar-refractivity contribution >= 4 is 17.3 Å². The van der Waals surface area contributed by atoms with Crippen LogP contribution in [0.2, 0.25) is 0 Å². The molecule has 1 N–H and O–H groups in total. The molecule has 0 radical (unpaired) electrons. The van der Waals surface area contributed by atoms with Gasteiger partial charge in [-0.15, -0.1) is 0 Å². The van der Waals surface area contributed by atoms with Gasteiger partial charge in [0.15, 0.2) is 0 Å². The van der Waals surface area contributed by atoms with E-state index in [-0.39, 0.29) is 23.2 Å². The van der Waals surface area contributed by atoms with Crippen molar-refractivity contribution < 1.29 is 9.72 Å². The monoisotopic (exact) mass is 288 g/mol. The molecular formula is C14H16N4O3. The molecule has 21 heavy (non-hydrogen) atoms. The Morgan fingerprint density at radius 3 is 2.67 bits per heavy atom. The van der Waals surface area contributed by atoms with Crippen LogP contribution in [0.3, 0.4) is 0 Å². The molecule has 0 aliphatic carbocycles. The molecule has 7 heteroatoms. The number of hydrogen-bond donors (Lipinski definition) is 1. The Balaban J connectivity index is 2.10. The summed E-state index contributed by atoms with van der Waals surface area (Å²) in [5.41, 5.74) is 0.637. The van der Waals surface area contributed by atoms with Gasteiger partial charge in [0.2, 0.25) is 5.91 Å². The van der Waals surface area contributed by atoms with E-state index in [1.165, 1.54) is 19.1 Å². The maximum Gasteiger partial charge on any atom is 0.289 e. The maximum atomic E-state index is 11.0. The Hall–Kier alpha value is -2.62. The number of amides is 1. The van der Waals surface area contributed by atoms with E-state index in [9.17, 15) is 14.9 Å². The minimum Gasteiger partial charge on any atom is -0.371 e. The maximum absolute atomic E-state index is 11.0. The molecule has 1 saturated heterocycles. The molecule has 1 aromatic carbocycles. The Morgan fingerprint density at radius 1 is 1.48 bits per heavy atom. The van der Waals surface area contributed by atoms with Gasteiger partial charge in [-0.05, 0) is 25.0 Å². The summed E-state index contributed by atoms with van der Waals surface area (Å²) in [6.45, 7) is 2.93. The Labute approximate surface area is 122 Å². The number of anilines is 1.